The molecule has 0 unspecified atom stereocenters. The zero-order chi connectivity index (χ0) is 21.1. The van der Waals surface area contributed by atoms with E-state index in [0.717, 1.165) is 44.9 Å². The van der Waals surface area contributed by atoms with Crippen LogP contribution in [0.15, 0.2) is 30.3 Å². The van der Waals surface area contributed by atoms with Crippen molar-refractivity contribution in [1.29, 1.82) is 0 Å². The minimum absolute atomic E-state index is 0.116. The van der Waals surface area contributed by atoms with E-state index in [9.17, 15) is 13.2 Å². The molecule has 1 saturated heterocycles. The molecule has 1 N–H and O–H groups in total. The van der Waals surface area contributed by atoms with Gasteiger partial charge in [0.15, 0.2) is 0 Å². The fraction of sp³-hybridized carbons (Fsp3) is 0.696. The highest BCUT2D eigenvalue weighted by molar-refractivity contribution is 7.88. The summed E-state index contributed by atoms with van der Waals surface area (Å²) in [6.45, 7) is 1.02. The van der Waals surface area contributed by atoms with Gasteiger partial charge in [-0.25, -0.2) is 13.1 Å². The van der Waals surface area contributed by atoms with Crippen molar-refractivity contribution < 1.29 is 17.9 Å². The molecule has 7 heteroatoms. The molecule has 2 atom stereocenters. The quantitative estimate of drug-likeness (QED) is 0.716. The molecule has 30 heavy (non-hydrogen) atoms. The van der Waals surface area contributed by atoms with Gasteiger partial charge in [-0.05, 0) is 56.4 Å². The first kappa shape index (κ1) is 21.8. The molecule has 2 aliphatic carbocycles. The summed E-state index contributed by atoms with van der Waals surface area (Å²) >= 11 is 0. The summed E-state index contributed by atoms with van der Waals surface area (Å²) in [5, 5.41) is 0. The van der Waals surface area contributed by atoms with Crippen molar-refractivity contribution in [3.05, 3.63) is 35.9 Å². The normalized spacial score (nSPS) is 30.2. The Morgan fingerprint density at radius 2 is 1.77 bits per heavy atom. The Balaban J connectivity index is 1.34. The van der Waals surface area contributed by atoms with Crippen molar-refractivity contribution in [2.24, 2.45) is 5.92 Å². The van der Waals surface area contributed by atoms with Gasteiger partial charge in [0.05, 0.1) is 25.0 Å². The molecule has 1 aromatic rings. The lowest BCUT2D eigenvalue weighted by Gasteiger charge is -2.35. The molecule has 4 rings (SSSR count). The zero-order valence-corrected chi connectivity index (χ0v) is 18.6. The summed E-state index contributed by atoms with van der Waals surface area (Å²) < 4.78 is 32.7. The van der Waals surface area contributed by atoms with E-state index in [1.807, 2.05) is 4.90 Å². The fourth-order valence-electron chi connectivity index (χ4n) is 5.16. The Kier molecular flexibility index (Phi) is 6.80. The Morgan fingerprint density at radius 3 is 2.37 bits per heavy atom. The minimum atomic E-state index is -3.33. The lowest BCUT2D eigenvalue weighted by molar-refractivity contribution is -0.141. The van der Waals surface area contributed by atoms with E-state index in [0.29, 0.717) is 25.5 Å². The van der Waals surface area contributed by atoms with Gasteiger partial charge in [-0.3, -0.25) is 4.79 Å². The standard InChI is InChI=1S/C23H34N2O4S/c1-30(27,28)24-21-14-15-25(23(26)19-8-5-9-19)22(21)16-29-20-12-10-18(11-13-20)17-6-3-2-4-7-17/h2-4,6-7,18-22,24H,5,8-16H2,1H3/t18-,20+,21-,22-/m1/s1. The number of rotatable bonds is 7. The third kappa shape index (κ3) is 5.24. The van der Waals surface area contributed by atoms with Crippen LogP contribution < -0.4 is 4.72 Å². The van der Waals surface area contributed by atoms with Crippen LogP contribution in [0.5, 0.6) is 0 Å². The first-order chi connectivity index (χ1) is 14.4. The van der Waals surface area contributed by atoms with Crippen molar-refractivity contribution in [3.8, 4) is 0 Å². The molecule has 2 saturated carbocycles. The summed E-state index contributed by atoms with van der Waals surface area (Å²) in [4.78, 5) is 14.8. The Labute approximate surface area is 180 Å². The topological polar surface area (TPSA) is 75.7 Å². The maximum absolute atomic E-state index is 12.9. The molecule has 3 aliphatic rings. The van der Waals surface area contributed by atoms with Crippen molar-refractivity contribution in [2.45, 2.75) is 75.5 Å². The lowest BCUT2D eigenvalue weighted by atomic mass is 9.83. The number of likely N-dealkylation sites (tertiary alicyclic amines) is 1. The van der Waals surface area contributed by atoms with Crippen molar-refractivity contribution >= 4 is 15.9 Å². The maximum atomic E-state index is 12.9. The Morgan fingerprint density at radius 1 is 1.07 bits per heavy atom. The summed E-state index contributed by atoms with van der Waals surface area (Å²) in [7, 11) is -3.33. The van der Waals surface area contributed by atoms with E-state index >= 15 is 0 Å². The first-order valence-electron chi connectivity index (χ1n) is 11.3. The molecule has 6 nitrogen and oxygen atoms in total. The fourth-order valence-corrected chi connectivity index (χ4v) is 5.98. The van der Waals surface area contributed by atoms with Crippen LogP contribution >= 0.6 is 0 Å². The predicted octanol–water partition coefficient (Wildman–Crippen LogP) is 3.05. The Bertz CT molecular complexity index is 817. The molecular weight excluding hydrogens is 400 g/mol. The Hall–Kier alpha value is -1.44. The number of hydrogen-bond acceptors (Lipinski definition) is 4. The summed E-state index contributed by atoms with van der Waals surface area (Å²) in [6.07, 6.45) is 9.27. The molecule has 3 fully saturated rings. The van der Waals surface area contributed by atoms with Gasteiger partial charge in [0, 0.05) is 18.5 Å². The molecule has 0 bridgehead atoms. The number of nitrogens with one attached hydrogen (secondary N) is 1. The highest BCUT2D eigenvalue weighted by Gasteiger charge is 2.42. The number of hydrogen-bond donors (Lipinski definition) is 1. The third-order valence-corrected chi connectivity index (χ3v) is 7.83. The zero-order valence-electron chi connectivity index (χ0n) is 17.8. The van der Waals surface area contributed by atoms with Crippen LogP contribution in [0.2, 0.25) is 0 Å². The number of carbonyl (C=O) groups is 1. The van der Waals surface area contributed by atoms with Crippen LogP contribution in [0.3, 0.4) is 0 Å². The maximum Gasteiger partial charge on any atom is 0.226 e. The molecule has 1 aliphatic heterocycles. The lowest BCUT2D eigenvalue weighted by Crippen LogP contribution is -2.51. The van der Waals surface area contributed by atoms with Crippen LogP contribution in [-0.4, -0.2) is 56.8 Å². The summed E-state index contributed by atoms with van der Waals surface area (Å²) in [5.41, 5.74) is 1.40. The number of amides is 1. The van der Waals surface area contributed by atoms with Crippen molar-refractivity contribution in [1.82, 2.24) is 9.62 Å². The third-order valence-electron chi connectivity index (χ3n) is 7.10. The smallest absolute Gasteiger partial charge is 0.226 e. The van der Waals surface area contributed by atoms with E-state index < -0.39 is 10.0 Å². The number of sulfonamides is 1. The van der Waals surface area contributed by atoms with Crippen LogP contribution in [0, 0.1) is 5.92 Å². The van der Waals surface area contributed by atoms with Gasteiger partial charge in [0.2, 0.25) is 15.9 Å². The van der Waals surface area contributed by atoms with Crippen molar-refractivity contribution in [3.63, 3.8) is 0 Å². The van der Waals surface area contributed by atoms with E-state index in [1.54, 1.807) is 0 Å². The molecule has 1 amide bonds. The van der Waals surface area contributed by atoms with Gasteiger partial charge in [-0.1, -0.05) is 36.8 Å². The van der Waals surface area contributed by atoms with Gasteiger partial charge in [0.1, 0.15) is 0 Å². The first-order valence-corrected chi connectivity index (χ1v) is 13.2. The molecule has 0 spiro atoms. The van der Waals surface area contributed by atoms with Gasteiger partial charge >= 0.3 is 0 Å². The highest BCUT2D eigenvalue weighted by Crippen LogP contribution is 2.35. The monoisotopic (exact) mass is 434 g/mol. The summed E-state index contributed by atoms with van der Waals surface area (Å²) in [6, 6.07) is 10.2. The van der Waals surface area contributed by atoms with Crippen molar-refractivity contribution in [2.75, 3.05) is 19.4 Å². The van der Waals surface area contributed by atoms with Crippen LogP contribution in [0.4, 0.5) is 0 Å². The number of benzene rings is 1. The predicted molar refractivity (Wildman–Crippen MR) is 117 cm³/mol. The largest absolute Gasteiger partial charge is 0.376 e. The SMILES string of the molecule is CS(=O)(=O)N[C@@H]1CCN(C(=O)C2CCC2)[C@@H]1CO[C@H]1CC[C@@H](c2ccccc2)CC1. The number of ether oxygens (including phenoxy) is 1. The van der Waals surface area contributed by atoms with Gasteiger partial charge in [0.25, 0.3) is 0 Å². The molecule has 0 aromatic heterocycles. The van der Waals surface area contributed by atoms with Gasteiger partial charge < -0.3 is 9.64 Å². The van der Waals surface area contributed by atoms with Gasteiger partial charge in [-0.2, -0.15) is 0 Å². The molecular formula is C23H34N2O4S. The van der Waals surface area contributed by atoms with Gasteiger partial charge in [-0.15, -0.1) is 0 Å². The second kappa shape index (κ2) is 9.37. The van der Waals surface area contributed by atoms with E-state index in [4.69, 9.17) is 4.74 Å². The number of nitrogens with zero attached hydrogens (tertiary/aromatic N) is 1. The van der Waals surface area contributed by atoms with Crippen LogP contribution in [0.1, 0.15) is 62.8 Å². The van der Waals surface area contributed by atoms with Crippen LogP contribution in [-0.2, 0) is 19.6 Å². The van der Waals surface area contributed by atoms with Crippen LogP contribution in [0.25, 0.3) is 0 Å². The average molecular weight is 435 g/mol. The van der Waals surface area contributed by atoms with E-state index in [-0.39, 0.29) is 30.0 Å². The van der Waals surface area contributed by atoms with E-state index in [2.05, 4.69) is 35.1 Å². The average Bonchev–Trinajstić information content (AvgIpc) is 3.07. The molecule has 1 aromatic carbocycles. The number of carbonyl (C=O) groups excluding carboxylic acids is 1. The second-order valence-electron chi connectivity index (χ2n) is 9.23. The summed E-state index contributed by atoms with van der Waals surface area (Å²) in [5.74, 6) is 0.889. The second-order valence-corrected chi connectivity index (χ2v) is 11.0. The highest BCUT2D eigenvalue weighted by atomic mass is 32.2. The molecule has 0 radical (unpaired) electrons. The minimum Gasteiger partial charge on any atom is -0.376 e. The molecule has 1 heterocycles. The van der Waals surface area contributed by atoms with E-state index in [1.165, 1.54) is 11.8 Å². The molecule has 166 valence electrons.